The van der Waals surface area contributed by atoms with Crippen LogP contribution in [-0.4, -0.2) is 16.6 Å². The Balaban J connectivity index is 2.15. The molecule has 0 bridgehead atoms. The first-order valence-corrected chi connectivity index (χ1v) is 8.89. The van der Waals surface area contributed by atoms with Gasteiger partial charge in [0.2, 0.25) is 0 Å². The van der Waals surface area contributed by atoms with Crippen LogP contribution >= 0.6 is 23.2 Å². The van der Waals surface area contributed by atoms with Crippen LogP contribution < -0.4 is 0 Å². The van der Waals surface area contributed by atoms with Gasteiger partial charge in [-0.3, -0.25) is 4.90 Å². The molecule has 1 N–H and O–H groups in total. The molecule has 1 heterocycles. The summed E-state index contributed by atoms with van der Waals surface area (Å²) in [7, 11) is 0. The van der Waals surface area contributed by atoms with Crippen LogP contribution in [0.3, 0.4) is 0 Å². The van der Waals surface area contributed by atoms with E-state index in [9.17, 15) is 5.11 Å². The van der Waals surface area contributed by atoms with Gasteiger partial charge in [0.1, 0.15) is 0 Å². The van der Waals surface area contributed by atoms with E-state index in [1.807, 2.05) is 36.4 Å². The van der Waals surface area contributed by atoms with Gasteiger partial charge in [0.05, 0.1) is 10.0 Å². The van der Waals surface area contributed by atoms with Crippen LogP contribution in [0.15, 0.2) is 55.1 Å². The Morgan fingerprint density at radius 1 is 1.25 bits per heavy atom. The van der Waals surface area contributed by atoms with Crippen molar-refractivity contribution in [3.8, 4) is 0 Å². The van der Waals surface area contributed by atoms with Crippen molar-refractivity contribution in [1.29, 1.82) is 0 Å². The van der Waals surface area contributed by atoms with E-state index in [1.54, 1.807) is 6.07 Å². The zero-order valence-electron chi connectivity index (χ0n) is 13.7. The van der Waals surface area contributed by atoms with E-state index in [0.717, 1.165) is 29.8 Å². The highest BCUT2D eigenvalue weighted by atomic mass is 35.5. The number of rotatable bonds is 5. The minimum Gasteiger partial charge on any atom is -0.371 e. The molecule has 24 heavy (non-hydrogen) atoms. The molecule has 1 aliphatic rings. The van der Waals surface area contributed by atoms with Gasteiger partial charge >= 0.3 is 0 Å². The molecule has 126 valence electrons. The summed E-state index contributed by atoms with van der Waals surface area (Å²) in [4.78, 5) is 2.11. The van der Waals surface area contributed by atoms with Crippen molar-refractivity contribution in [2.75, 3.05) is 6.54 Å². The fourth-order valence-corrected chi connectivity index (χ4v) is 4.01. The lowest BCUT2D eigenvalue weighted by molar-refractivity contribution is -0.124. The second-order valence-corrected chi connectivity index (χ2v) is 6.96. The van der Waals surface area contributed by atoms with Gasteiger partial charge in [-0.25, -0.2) is 0 Å². The van der Waals surface area contributed by atoms with Crippen molar-refractivity contribution in [2.24, 2.45) is 0 Å². The van der Waals surface area contributed by atoms with E-state index in [0.29, 0.717) is 16.5 Å². The Morgan fingerprint density at radius 3 is 2.67 bits per heavy atom. The first kappa shape index (κ1) is 17.5. The lowest BCUT2D eigenvalue weighted by Gasteiger charge is -2.40. The molecule has 3 rings (SSSR count). The number of hydrogen-bond donors (Lipinski definition) is 1. The van der Waals surface area contributed by atoms with Gasteiger partial charge in [0, 0.05) is 18.0 Å². The molecule has 0 radical (unpaired) electrons. The van der Waals surface area contributed by atoms with Gasteiger partial charge in [0.25, 0.3) is 0 Å². The van der Waals surface area contributed by atoms with E-state index >= 15 is 0 Å². The van der Waals surface area contributed by atoms with E-state index < -0.39 is 5.72 Å². The molecule has 2 unspecified atom stereocenters. The largest absolute Gasteiger partial charge is 0.371 e. The summed E-state index contributed by atoms with van der Waals surface area (Å²) in [5.74, 6) is -0.173. The van der Waals surface area contributed by atoms with Gasteiger partial charge in [-0.2, -0.15) is 0 Å². The molecule has 0 fully saturated rings. The van der Waals surface area contributed by atoms with Crippen molar-refractivity contribution in [3.63, 3.8) is 0 Å². The second kappa shape index (κ2) is 6.89. The van der Waals surface area contributed by atoms with Gasteiger partial charge in [-0.05, 0) is 36.2 Å². The van der Waals surface area contributed by atoms with Crippen LogP contribution in [-0.2, 0) is 12.3 Å². The standard InChI is InChI=1S/C20H21Cl2NO/c1-3-7-16(14-10-11-18(21)19(22)12-14)20(24)17-9-6-5-8-15(17)13-23(20)4-2/h3,5-6,8-12,16,24H,1,4,7,13H2,2H3. The number of allylic oxidation sites excluding steroid dienone is 1. The Bertz CT molecular complexity index is 761. The molecule has 2 atom stereocenters. The molecule has 0 spiro atoms. The molecule has 4 heteroatoms. The number of halogens is 2. The normalized spacial score (nSPS) is 21.5. The van der Waals surface area contributed by atoms with Crippen molar-refractivity contribution >= 4 is 23.2 Å². The maximum Gasteiger partial charge on any atom is 0.152 e. The molecule has 2 aromatic rings. The molecule has 0 amide bonds. The van der Waals surface area contributed by atoms with Crippen LogP contribution in [0.4, 0.5) is 0 Å². The van der Waals surface area contributed by atoms with Gasteiger partial charge in [-0.1, -0.05) is 66.5 Å². The van der Waals surface area contributed by atoms with E-state index in [2.05, 4.69) is 24.5 Å². The van der Waals surface area contributed by atoms with Crippen LogP contribution in [0, 0.1) is 0 Å². The van der Waals surface area contributed by atoms with Gasteiger partial charge in [-0.15, -0.1) is 6.58 Å². The highest BCUT2D eigenvalue weighted by Crippen LogP contribution is 2.48. The molecule has 0 saturated carbocycles. The summed E-state index contributed by atoms with van der Waals surface area (Å²) in [6.07, 6.45) is 2.49. The quantitative estimate of drug-likeness (QED) is 0.727. The third-order valence-electron chi connectivity index (χ3n) is 4.87. The van der Waals surface area contributed by atoms with Crippen molar-refractivity contribution < 1.29 is 5.11 Å². The number of nitrogens with zero attached hydrogens (tertiary/aromatic N) is 1. The van der Waals surface area contributed by atoms with Crippen molar-refractivity contribution in [1.82, 2.24) is 4.90 Å². The smallest absolute Gasteiger partial charge is 0.152 e. The average Bonchev–Trinajstić information content (AvgIpc) is 2.89. The summed E-state index contributed by atoms with van der Waals surface area (Å²) in [5.41, 5.74) is 2.00. The van der Waals surface area contributed by atoms with Crippen LogP contribution in [0.2, 0.25) is 10.0 Å². The SMILES string of the molecule is C=CCC(c1ccc(Cl)c(Cl)c1)C1(O)c2ccccc2CN1CC. The molecular weight excluding hydrogens is 341 g/mol. The maximum absolute atomic E-state index is 11.8. The zero-order valence-corrected chi connectivity index (χ0v) is 15.2. The van der Waals surface area contributed by atoms with Crippen LogP contribution in [0.25, 0.3) is 0 Å². The first-order chi connectivity index (χ1) is 11.5. The molecule has 2 aromatic carbocycles. The van der Waals surface area contributed by atoms with Gasteiger partial charge in [0.15, 0.2) is 5.72 Å². The molecule has 0 aromatic heterocycles. The Hall–Kier alpha value is -1.32. The Morgan fingerprint density at radius 2 is 2.00 bits per heavy atom. The van der Waals surface area contributed by atoms with Crippen molar-refractivity contribution in [2.45, 2.75) is 31.5 Å². The fourth-order valence-electron chi connectivity index (χ4n) is 3.70. The molecular formula is C20H21Cl2NO. The molecule has 2 nitrogen and oxygen atoms in total. The van der Waals surface area contributed by atoms with Crippen molar-refractivity contribution in [3.05, 3.63) is 81.9 Å². The first-order valence-electron chi connectivity index (χ1n) is 8.14. The second-order valence-electron chi connectivity index (χ2n) is 6.15. The number of aliphatic hydroxyl groups is 1. The summed E-state index contributed by atoms with van der Waals surface area (Å²) >= 11 is 12.3. The van der Waals surface area contributed by atoms with Gasteiger partial charge < -0.3 is 5.11 Å². The molecule has 0 aliphatic carbocycles. The predicted molar refractivity (Wildman–Crippen MR) is 100 cm³/mol. The number of benzene rings is 2. The summed E-state index contributed by atoms with van der Waals surface area (Å²) < 4.78 is 0. The monoisotopic (exact) mass is 361 g/mol. The lowest BCUT2D eigenvalue weighted by Crippen LogP contribution is -2.45. The Kier molecular flexibility index (Phi) is 5.03. The van der Waals surface area contributed by atoms with E-state index in [1.165, 1.54) is 0 Å². The average molecular weight is 362 g/mol. The minimum absolute atomic E-state index is 0.173. The van der Waals surface area contributed by atoms with E-state index in [-0.39, 0.29) is 5.92 Å². The van der Waals surface area contributed by atoms with Crippen LogP contribution in [0.1, 0.15) is 36.0 Å². The topological polar surface area (TPSA) is 23.5 Å². The third-order valence-corrected chi connectivity index (χ3v) is 5.61. The van der Waals surface area contributed by atoms with E-state index in [4.69, 9.17) is 23.2 Å². The van der Waals surface area contributed by atoms with Crippen LogP contribution in [0.5, 0.6) is 0 Å². The third kappa shape index (κ3) is 2.78. The lowest BCUT2D eigenvalue weighted by atomic mass is 9.81. The predicted octanol–water partition coefficient (Wildman–Crippen LogP) is 5.33. The summed E-state index contributed by atoms with van der Waals surface area (Å²) in [6.45, 7) is 7.44. The summed E-state index contributed by atoms with van der Waals surface area (Å²) in [6, 6.07) is 13.7. The number of hydrogen-bond acceptors (Lipinski definition) is 2. The zero-order chi connectivity index (χ0) is 17.3. The number of fused-ring (bicyclic) bond motifs is 1. The summed E-state index contributed by atoms with van der Waals surface area (Å²) in [5, 5.41) is 12.8. The number of likely N-dealkylation sites (N-methyl/N-ethyl adjacent to an activating group) is 1. The molecule has 1 aliphatic heterocycles. The highest BCUT2D eigenvalue weighted by Gasteiger charge is 2.48. The fraction of sp³-hybridized carbons (Fsp3) is 0.300. The minimum atomic E-state index is -1.09. The molecule has 0 saturated heterocycles. The Labute approximate surface area is 153 Å². The maximum atomic E-state index is 11.8. The highest BCUT2D eigenvalue weighted by molar-refractivity contribution is 6.42.